The molecule has 0 spiro atoms. The lowest BCUT2D eigenvalue weighted by atomic mass is 10.1. The predicted octanol–water partition coefficient (Wildman–Crippen LogP) is 3.66. The van der Waals surface area contributed by atoms with Crippen molar-refractivity contribution in [1.29, 1.82) is 0 Å². The van der Waals surface area contributed by atoms with Crippen molar-refractivity contribution in [2.24, 2.45) is 0 Å². The monoisotopic (exact) mass is 370 g/mol. The Bertz CT molecular complexity index is 921. The molecule has 6 heteroatoms. The van der Waals surface area contributed by atoms with Gasteiger partial charge < -0.3 is 5.32 Å². The van der Waals surface area contributed by atoms with Crippen molar-refractivity contribution in [2.45, 2.75) is 19.8 Å². The molecule has 1 saturated heterocycles. The molecule has 1 N–H and O–H groups in total. The van der Waals surface area contributed by atoms with Crippen LogP contribution >= 0.6 is 0 Å². The van der Waals surface area contributed by atoms with Crippen molar-refractivity contribution >= 4 is 32.9 Å². The number of nitrogens with zero attached hydrogens (tertiary/aromatic N) is 1. The van der Waals surface area contributed by atoms with Gasteiger partial charge in [-0.3, -0.25) is 9.10 Å². The van der Waals surface area contributed by atoms with Crippen LogP contribution in [0.2, 0.25) is 0 Å². The fourth-order valence-corrected chi connectivity index (χ4v) is 4.61. The quantitative estimate of drug-likeness (QED) is 0.835. The van der Waals surface area contributed by atoms with Crippen molar-refractivity contribution in [3.05, 3.63) is 66.2 Å². The number of nitrogens with one attached hydrogen (secondary N) is 1. The maximum Gasteiger partial charge on any atom is 0.248 e. The van der Waals surface area contributed by atoms with E-state index in [1.165, 1.54) is 4.31 Å². The number of benzene rings is 2. The number of amides is 1. The molecule has 1 amide bonds. The van der Waals surface area contributed by atoms with E-state index in [4.69, 9.17) is 0 Å². The molecule has 0 atom stereocenters. The largest absolute Gasteiger partial charge is 0.322 e. The van der Waals surface area contributed by atoms with Gasteiger partial charge in [-0.05, 0) is 49.1 Å². The normalized spacial score (nSPS) is 17.0. The molecule has 26 heavy (non-hydrogen) atoms. The molecule has 3 rings (SSSR count). The number of carbonyl (C=O) groups excluding carboxylic acids is 1. The van der Waals surface area contributed by atoms with E-state index < -0.39 is 10.0 Å². The van der Waals surface area contributed by atoms with Gasteiger partial charge in [-0.2, -0.15) is 0 Å². The van der Waals surface area contributed by atoms with Gasteiger partial charge >= 0.3 is 0 Å². The Hall–Kier alpha value is -2.60. The first-order valence-electron chi connectivity index (χ1n) is 8.61. The molecule has 0 aliphatic carbocycles. The topological polar surface area (TPSA) is 66.5 Å². The Morgan fingerprint density at radius 2 is 1.85 bits per heavy atom. The van der Waals surface area contributed by atoms with E-state index in [-0.39, 0.29) is 11.7 Å². The zero-order valence-electron chi connectivity index (χ0n) is 14.7. The number of rotatable bonds is 4. The number of sulfonamides is 1. The minimum absolute atomic E-state index is 0.169. The lowest BCUT2D eigenvalue weighted by Crippen LogP contribution is -2.37. The van der Waals surface area contributed by atoms with E-state index >= 15 is 0 Å². The Labute approximate surface area is 154 Å². The summed E-state index contributed by atoms with van der Waals surface area (Å²) in [7, 11) is -3.27. The summed E-state index contributed by atoms with van der Waals surface area (Å²) >= 11 is 0. The zero-order chi connectivity index (χ0) is 18.6. The second-order valence-electron chi connectivity index (χ2n) is 6.33. The minimum atomic E-state index is -3.27. The van der Waals surface area contributed by atoms with Crippen LogP contribution in [0.4, 0.5) is 11.4 Å². The Kier molecular flexibility index (Phi) is 5.42. The van der Waals surface area contributed by atoms with Crippen molar-refractivity contribution in [1.82, 2.24) is 0 Å². The summed E-state index contributed by atoms with van der Waals surface area (Å²) in [4.78, 5) is 12.3. The van der Waals surface area contributed by atoms with Crippen LogP contribution in [0.3, 0.4) is 0 Å². The first kappa shape index (κ1) is 18.2. The third-order valence-corrected chi connectivity index (χ3v) is 6.20. The summed E-state index contributed by atoms with van der Waals surface area (Å²) < 4.78 is 25.9. The summed E-state index contributed by atoms with van der Waals surface area (Å²) in [6, 6.07) is 16.6. The number of hydrogen-bond acceptors (Lipinski definition) is 3. The second kappa shape index (κ2) is 7.74. The highest BCUT2D eigenvalue weighted by atomic mass is 32.2. The van der Waals surface area contributed by atoms with Gasteiger partial charge in [0.15, 0.2) is 0 Å². The molecule has 0 aromatic heterocycles. The molecule has 2 aromatic carbocycles. The third-order valence-electron chi connectivity index (χ3n) is 4.33. The molecule has 1 aliphatic heterocycles. The highest BCUT2D eigenvalue weighted by Crippen LogP contribution is 2.26. The van der Waals surface area contributed by atoms with Gasteiger partial charge in [0.05, 0.1) is 11.4 Å². The summed E-state index contributed by atoms with van der Waals surface area (Å²) in [6.45, 7) is 2.36. The highest BCUT2D eigenvalue weighted by Gasteiger charge is 2.26. The van der Waals surface area contributed by atoms with E-state index in [1.807, 2.05) is 37.3 Å². The van der Waals surface area contributed by atoms with Gasteiger partial charge in [-0.15, -0.1) is 0 Å². The minimum Gasteiger partial charge on any atom is -0.322 e. The summed E-state index contributed by atoms with van der Waals surface area (Å²) in [5.74, 6) is -0.0761. The molecule has 5 nitrogen and oxygen atoms in total. The number of hydrogen-bond donors (Lipinski definition) is 1. The van der Waals surface area contributed by atoms with Crippen LogP contribution in [0, 0.1) is 0 Å². The van der Waals surface area contributed by atoms with E-state index in [9.17, 15) is 13.2 Å². The van der Waals surface area contributed by atoms with Gasteiger partial charge in [-0.1, -0.05) is 36.4 Å². The molecule has 0 unspecified atom stereocenters. The fraction of sp³-hybridized carbons (Fsp3) is 0.250. The third kappa shape index (κ3) is 4.32. The number of allylic oxidation sites excluding steroid dienone is 1. The van der Waals surface area contributed by atoms with Crippen LogP contribution in [0.5, 0.6) is 0 Å². The van der Waals surface area contributed by atoms with Crippen LogP contribution < -0.4 is 9.62 Å². The first-order valence-corrected chi connectivity index (χ1v) is 10.2. The average Bonchev–Trinajstić information content (AvgIpc) is 2.62. The maximum atomic E-state index is 12.3. The fourth-order valence-electron chi connectivity index (χ4n) is 2.98. The van der Waals surface area contributed by atoms with Crippen LogP contribution in [0.25, 0.3) is 5.57 Å². The van der Waals surface area contributed by atoms with Crippen LogP contribution in [-0.2, 0) is 14.8 Å². The Morgan fingerprint density at radius 1 is 1.08 bits per heavy atom. The van der Waals surface area contributed by atoms with E-state index in [0.29, 0.717) is 24.3 Å². The van der Waals surface area contributed by atoms with Gasteiger partial charge in [0.2, 0.25) is 15.9 Å². The Morgan fingerprint density at radius 3 is 2.58 bits per heavy atom. The molecular weight excluding hydrogens is 348 g/mol. The molecular formula is C20H22N2O3S. The van der Waals surface area contributed by atoms with Gasteiger partial charge in [0.25, 0.3) is 0 Å². The molecule has 136 valence electrons. The molecule has 0 bridgehead atoms. The van der Waals surface area contributed by atoms with Gasteiger partial charge in [-0.25, -0.2) is 8.42 Å². The zero-order valence-corrected chi connectivity index (χ0v) is 15.5. The number of carbonyl (C=O) groups is 1. The van der Waals surface area contributed by atoms with E-state index in [1.54, 1.807) is 30.3 Å². The van der Waals surface area contributed by atoms with E-state index in [0.717, 1.165) is 17.6 Å². The second-order valence-corrected chi connectivity index (χ2v) is 8.34. The molecule has 1 aliphatic rings. The summed E-state index contributed by atoms with van der Waals surface area (Å²) in [5, 5.41) is 2.81. The van der Waals surface area contributed by atoms with Crippen molar-refractivity contribution < 1.29 is 13.2 Å². The van der Waals surface area contributed by atoms with Crippen molar-refractivity contribution in [3.63, 3.8) is 0 Å². The lowest BCUT2D eigenvalue weighted by molar-refractivity contribution is -0.111. The Balaban J connectivity index is 1.76. The summed E-state index contributed by atoms with van der Waals surface area (Å²) in [6.07, 6.45) is 3.08. The summed E-state index contributed by atoms with van der Waals surface area (Å²) in [5.41, 5.74) is 3.00. The predicted molar refractivity (Wildman–Crippen MR) is 106 cm³/mol. The first-order chi connectivity index (χ1) is 12.5. The molecule has 0 radical (unpaired) electrons. The van der Waals surface area contributed by atoms with Crippen molar-refractivity contribution in [3.8, 4) is 0 Å². The van der Waals surface area contributed by atoms with Gasteiger partial charge in [0.1, 0.15) is 0 Å². The maximum absolute atomic E-state index is 12.3. The van der Waals surface area contributed by atoms with Crippen LogP contribution in [-0.4, -0.2) is 26.6 Å². The molecule has 1 heterocycles. The molecule has 2 aromatic rings. The van der Waals surface area contributed by atoms with Gasteiger partial charge in [0, 0.05) is 18.3 Å². The smallest absolute Gasteiger partial charge is 0.248 e. The average molecular weight is 370 g/mol. The van der Waals surface area contributed by atoms with E-state index in [2.05, 4.69) is 5.32 Å². The van der Waals surface area contributed by atoms with Crippen LogP contribution in [0.15, 0.2) is 60.7 Å². The number of anilines is 2. The highest BCUT2D eigenvalue weighted by molar-refractivity contribution is 7.92. The lowest BCUT2D eigenvalue weighted by Gasteiger charge is -2.28. The SMILES string of the molecule is C/C(=C\C(=O)Nc1cccc(N2CCCCS2(=O)=O)c1)c1ccccc1. The molecule has 1 fully saturated rings. The van der Waals surface area contributed by atoms with Crippen molar-refractivity contribution in [2.75, 3.05) is 21.9 Å². The molecule has 0 saturated carbocycles. The standard InChI is InChI=1S/C20H22N2O3S/c1-16(17-8-3-2-4-9-17)14-20(23)21-18-10-7-11-19(15-18)22-12-5-6-13-26(22,24)25/h2-4,7-11,14-15H,5-6,12-13H2,1H3,(H,21,23)/b16-14+. The van der Waals surface area contributed by atoms with Crippen LogP contribution in [0.1, 0.15) is 25.3 Å².